The molecule has 0 amide bonds. The molecule has 1 rings (SSSR count). The summed E-state index contributed by atoms with van der Waals surface area (Å²) in [5, 5.41) is 7.39. The van der Waals surface area contributed by atoms with Crippen molar-refractivity contribution in [2.24, 2.45) is 0 Å². The van der Waals surface area contributed by atoms with Crippen molar-refractivity contribution in [3.8, 4) is 0 Å². The summed E-state index contributed by atoms with van der Waals surface area (Å²) in [5.41, 5.74) is 0.898. The van der Waals surface area contributed by atoms with Crippen molar-refractivity contribution in [1.29, 1.82) is 0 Å². The van der Waals surface area contributed by atoms with Crippen molar-refractivity contribution in [1.82, 2.24) is 15.1 Å². The van der Waals surface area contributed by atoms with Gasteiger partial charge in [-0.2, -0.15) is 5.10 Å². The number of aryl methyl sites for hydroxylation is 2. The average molecular weight is 209 g/mol. The third-order valence-electron chi connectivity index (χ3n) is 2.33. The lowest BCUT2D eigenvalue weighted by molar-refractivity contribution is 0.456. The van der Waals surface area contributed by atoms with E-state index in [4.69, 9.17) is 0 Å². The zero-order chi connectivity index (χ0) is 11.3. The minimum absolute atomic E-state index is 0.0151. The van der Waals surface area contributed by atoms with Crippen LogP contribution >= 0.6 is 0 Å². The van der Waals surface area contributed by atoms with Crippen LogP contribution in [0.4, 0.5) is 0 Å². The molecule has 1 unspecified atom stereocenters. The predicted molar refractivity (Wildman–Crippen MR) is 61.0 cm³/mol. The fraction of sp³-hybridized carbons (Fsp3) is 0.636. The van der Waals surface area contributed by atoms with E-state index in [-0.39, 0.29) is 5.56 Å². The van der Waals surface area contributed by atoms with Crippen LogP contribution in [0.5, 0.6) is 0 Å². The van der Waals surface area contributed by atoms with E-state index in [2.05, 4.69) is 24.3 Å². The molecule has 15 heavy (non-hydrogen) atoms. The Hall–Kier alpha value is -1.16. The maximum atomic E-state index is 11.5. The van der Waals surface area contributed by atoms with Crippen LogP contribution in [0.25, 0.3) is 0 Å². The van der Waals surface area contributed by atoms with Crippen LogP contribution in [0.2, 0.25) is 0 Å². The molecule has 0 saturated carbocycles. The molecule has 1 aromatic rings. The first-order valence-corrected chi connectivity index (χ1v) is 5.40. The van der Waals surface area contributed by atoms with Gasteiger partial charge in [-0.1, -0.05) is 6.92 Å². The lowest BCUT2D eigenvalue weighted by atomic mass is 10.2. The van der Waals surface area contributed by atoms with E-state index in [0.29, 0.717) is 12.6 Å². The van der Waals surface area contributed by atoms with Crippen molar-refractivity contribution in [3.05, 3.63) is 28.2 Å². The second-order valence-corrected chi connectivity index (χ2v) is 3.84. The maximum absolute atomic E-state index is 11.5. The van der Waals surface area contributed by atoms with Gasteiger partial charge in [-0.3, -0.25) is 4.79 Å². The van der Waals surface area contributed by atoms with Crippen LogP contribution in [0, 0.1) is 6.92 Å². The van der Waals surface area contributed by atoms with Gasteiger partial charge in [0.2, 0.25) is 0 Å². The van der Waals surface area contributed by atoms with Gasteiger partial charge in [-0.25, -0.2) is 4.68 Å². The van der Waals surface area contributed by atoms with Gasteiger partial charge in [-0.05, 0) is 32.4 Å². The van der Waals surface area contributed by atoms with Crippen LogP contribution < -0.4 is 10.9 Å². The quantitative estimate of drug-likeness (QED) is 0.785. The molecule has 0 radical (unpaired) electrons. The Morgan fingerprint density at radius 2 is 2.33 bits per heavy atom. The lowest BCUT2D eigenvalue weighted by Gasteiger charge is -2.12. The molecule has 1 atom stereocenters. The summed E-state index contributed by atoms with van der Waals surface area (Å²) in [7, 11) is 0. The lowest BCUT2D eigenvalue weighted by Crippen LogP contribution is -2.30. The zero-order valence-electron chi connectivity index (χ0n) is 9.66. The Balaban J connectivity index is 2.54. The predicted octanol–water partition coefficient (Wildman–Crippen LogP) is 0.940. The summed E-state index contributed by atoms with van der Waals surface area (Å²) in [6.45, 7) is 7.69. The Kier molecular flexibility index (Phi) is 4.49. The molecule has 0 bridgehead atoms. The third-order valence-corrected chi connectivity index (χ3v) is 2.33. The standard InChI is InChI=1S/C11H19N3O/c1-4-12-10(3)5-6-14-11(15)7-9(2)8-13-14/h7-8,10,12H,4-6H2,1-3H3. The molecule has 4 heteroatoms. The summed E-state index contributed by atoms with van der Waals surface area (Å²) in [4.78, 5) is 11.5. The van der Waals surface area contributed by atoms with Crippen LogP contribution in [0.1, 0.15) is 25.8 Å². The number of hydrogen-bond donors (Lipinski definition) is 1. The largest absolute Gasteiger partial charge is 0.314 e. The Bertz CT molecular complexity index is 359. The molecule has 4 nitrogen and oxygen atoms in total. The van der Waals surface area contributed by atoms with Gasteiger partial charge in [0.1, 0.15) is 0 Å². The molecule has 0 saturated heterocycles. The molecule has 1 aromatic heterocycles. The molecule has 0 fully saturated rings. The van der Waals surface area contributed by atoms with Gasteiger partial charge in [0.05, 0.1) is 6.20 Å². The molecular formula is C11H19N3O. The van der Waals surface area contributed by atoms with Gasteiger partial charge in [0.15, 0.2) is 0 Å². The first-order chi connectivity index (χ1) is 7.13. The second-order valence-electron chi connectivity index (χ2n) is 3.84. The zero-order valence-corrected chi connectivity index (χ0v) is 9.66. The monoisotopic (exact) mass is 209 g/mol. The van der Waals surface area contributed by atoms with E-state index in [1.165, 1.54) is 4.68 Å². The Morgan fingerprint density at radius 1 is 1.60 bits per heavy atom. The number of hydrogen-bond acceptors (Lipinski definition) is 3. The normalized spacial score (nSPS) is 12.7. The van der Waals surface area contributed by atoms with Crippen molar-refractivity contribution in [2.75, 3.05) is 6.54 Å². The molecule has 0 spiro atoms. The van der Waals surface area contributed by atoms with E-state index in [1.54, 1.807) is 12.3 Å². The van der Waals surface area contributed by atoms with Crippen LogP contribution in [0.3, 0.4) is 0 Å². The number of aromatic nitrogens is 2. The molecule has 0 aliphatic heterocycles. The van der Waals surface area contributed by atoms with E-state index < -0.39 is 0 Å². The Labute approximate surface area is 90.3 Å². The highest BCUT2D eigenvalue weighted by Gasteiger charge is 2.02. The first-order valence-electron chi connectivity index (χ1n) is 5.40. The van der Waals surface area contributed by atoms with Crippen molar-refractivity contribution >= 4 is 0 Å². The highest BCUT2D eigenvalue weighted by molar-refractivity contribution is 5.02. The summed E-state index contributed by atoms with van der Waals surface area (Å²) < 4.78 is 1.51. The van der Waals surface area contributed by atoms with Gasteiger partial charge < -0.3 is 5.32 Å². The second kappa shape index (κ2) is 5.66. The summed E-state index contributed by atoms with van der Waals surface area (Å²) in [6, 6.07) is 2.04. The average Bonchev–Trinajstić information content (AvgIpc) is 2.17. The minimum Gasteiger partial charge on any atom is -0.314 e. The van der Waals surface area contributed by atoms with Crippen molar-refractivity contribution in [2.45, 2.75) is 39.8 Å². The van der Waals surface area contributed by atoms with Gasteiger partial charge in [-0.15, -0.1) is 0 Å². The van der Waals surface area contributed by atoms with Gasteiger partial charge in [0, 0.05) is 18.7 Å². The highest BCUT2D eigenvalue weighted by Crippen LogP contribution is 1.93. The fourth-order valence-corrected chi connectivity index (χ4v) is 1.46. The molecule has 0 aliphatic carbocycles. The van der Waals surface area contributed by atoms with Crippen molar-refractivity contribution in [3.63, 3.8) is 0 Å². The van der Waals surface area contributed by atoms with Crippen LogP contribution in [-0.2, 0) is 6.54 Å². The molecule has 1 N–H and O–H groups in total. The van der Waals surface area contributed by atoms with E-state index in [1.807, 2.05) is 6.92 Å². The van der Waals surface area contributed by atoms with Crippen molar-refractivity contribution < 1.29 is 0 Å². The van der Waals surface area contributed by atoms with Gasteiger partial charge >= 0.3 is 0 Å². The SMILES string of the molecule is CCNC(C)CCn1ncc(C)cc1=O. The fourth-order valence-electron chi connectivity index (χ4n) is 1.46. The third kappa shape index (κ3) is 3.83. The smallest absolute Gasteiger partial charge is 0.266 e. The molecule has 0 aromatic carbocycles. The summed E-state index contributed by atoms with van der Waals surface area (Å²) in [5.74, 6) is 0. The number of rotatable bonds is 5. The van der Waals surface area contributed by atoms with E-state index in [0.717, 1.165) is 18.5 Å². The summed E-state index contributed by atoms with van der Waals surface area (Å²) in [6.07, 6.45) is 2.64. The molecule has 0 aliphatic rings. The van der Waals surface area contributed by atoms with E-state index >= 15 is 0 Å². The van der Waals surface area contributed by atoms with E-state index in [9.17, 15) is 4.79 Å². The highest BCUT2D eigenvalue weighted by atomic mass is 16.1. The molecule has 84 valence electrons. The van der Waals surface area contributed by atoms with Crippen LogP contribution in [-0.4, -0.2) is 22.4 Å². The van der Waals surface area contributed by atoms with Gasteiger partial charge in [0.25, 0.3) is 5.56 Å². The number of nitrogens with one attached hydrogen (secondary N) is 1. The van der Waals surface area contributed by atoms with Crippen LogP contribution in [0.15, 0.2) is 17.1 Å². The minimum atomic E-state index is -0.0151. The maximum Gasteiger partial charge on any atom is 0.266 e. The first kappa shape index (κ1) is 11.9. The molecule has 1 heterocycles. The summed E-state index contributed by atoms with van der Waals surface area (Å²) >= 11 is 0. The molecular weight excluding hydrogens is 190 g/mol. The topological polar surface area (TPSA) is 46.9 Å². The Morgan fingerprint density at radius 3 is 2.93 bits per heavy atom. The number of nitrogens with zero attached hydrogens (tertiary/aromatic N) is 2.